The van der Waals surface area contributed by atoms with E-state index in [-0.39, 0.29) is 12.3 Å². The molecule has 0 spiro atoms. The van der Waals surface area contributed by atoms with E-state index in [1.165, 1.54) is 0 Å². The molecule has 3 aromatic carbocycles. The maximum atomic E-state index is 12.9. The van der Waals surface area contributed by atoms with E-state index in [9.17, 15) is 19.5 Å². The second kappa shape index (κ2) is 9.47. The fraction of sp³-hybridized carbons (Fsp3) is 0.185. The molecule has 0 bridgehead atoms. The summed E-state index contributed by atoms with van der Waals surface area (Å²) in [7, 11) is 0. The molecule has 5 rings (SSSR count). The number of carboxylic acids is 1. The summed E-state index contributed by atoms with van der Waals surface area (Å²) in [6.07, 6.45) is -0.00331. The quantitative estimate of drug-likeness (QED) is 0.348. The number of imidazole rings is 1. The van der Waals surface area contributed by atoms with Crippen LogP contribution in [0.4, 0.5) is 5.69 Å². The number of hydrogen-bond acceptors (Lipinski definition) is 4. The molecular formula is C27H23ClN4O4. The van der Waals surface area contributed by atoms with Gasteiger partial charge in [0.1, 0.15) is 11.9 Å². The zero-order chi connectivity index (χ0) is 25.4. The highest BCUT2D eigenvalue weighted by atomic mass is 35.5. The molecule has 1 aliphatic heterocycles. The molecule has 0 saturated carbocycles. The van der Waals surface area contributed by atoms with E-state index >= 15 is 0 Å². The summed E-state index contributed by atoms with van der Waals surface area (Å²) in [5, 5.41) is 12.9. The molecule has 2 atom stereocenters. The number of carbonyl (C=O) groups is 3. The van der Waals surface area contributed by atoms with Crippen LogP contribution in [0.3, 0.4) is 0 Å². The second-order valence-corrected chi connectivity index (χ2v) is 9.25. The zero-order valence-corrected chi connectivity index (χ0v) is 20.1. The van der Waals surface area contributed by atoms with E-state index in [1.54, 1.807) is 54.3 Å². The number of amides is 2. The van der Waals surface area contributed by atoms with Gasteiger partial charge in [0.05, 0.1) is 23.5 Å². The van der Waals surface area contributed by atoms with Crippen molar-refractivity contribution in [3.05, 3.63) is 94.3 Å². The Morgan fingerprint density at radius 1 is 1.14 bits per heavy atom. The van der Waals surface area contributed by atoms with Gasteiger partial charge in [0.15, 0.2) is 0 Å². The molecule has 2 amide bonds. The Balaban J connectivity index is 1.26. The van der Waals surface area contributed by atoms with E-state index < -0.39 is 23.8 Å². The van der Waals surface area contributed by atoms with Crippen molar-refractivity contribution in [1.82, 2.24) is 15.3 Å². The maximum Gasteiger partial charge on any atom is 0.326 e. The number of nitrogens with one attached hydrogen (secondary N) is 2. The van der Waals surface area contributed by atoms with E-state index in [4.69, 9.17) is 11.6 Å². The third-order valence-electron chi connectivity index (χ3n) is 6.42. The predicted octanol–water partition coefficient (Wildman–Crippen LogP) is 4.29. The van der Waals surface area contributed by atoms with Crippen molar-refractivity contribution in [2.24, 2.45) is 0 Å². The SMILES string of the molecule is CC(C(=O)N[C@H](Cc1nc2ccc(Cl)cc2[nH]1)C(=O)O)c1ccc(N2Cc3ccccc3C2=O)cc1. The molecule has 36 heavy (non-hydrogen) atoms. The van der Waals surface area contributed by atoms with Crippen molar-refractivity contribution in [2.45, 2.75) is 31.8 Å². The molecule has 2 heterocycles. The van der Waals surface area contributed by atoms with Crippen LogP contribution in [0.2, 0.25) is 5.02 Å². The fourth-order valence-electron chi connectivity index (χ4n) is 4.38. The Bertz CT molecular complexity index is 1480. The molecule has 3 N–H and O–H groups in total. The lowest BCUT2D eigenvalue weighted by atomic mass is 9.99. The Hall–Kier alpha value is -4.17. The lowest BCUT2D eigenvalue weighted by Gasteiger charge is -2.19. The Morgan fingerprint density at radius 2 is 1.89 bits per heavy atom. The number of halogens is 1. The minimum Gasteiger partial charge on any atom is -0.480 e. The topological polar surface area (TPSA) is 115 Å². The van der Waals surface area contributed by atoms with Crippen LogP contribution >= 0.6 is 11.6 Å². The fourth-order valence-corrected chi connectivity index (χ4v) is 4.55. The summed E-state index contributed by atoms with van der Waals surface area (Å²) >= 11 is 6.00. The minimum atomic E-state index is -1.16. The van der Waals surface area contributed by atoms with Crippen LogP contribution in [0.15, 0.2) is 66.7 Å². The number of carbonyl (C=O) groups excluding carboxylic acids is 2. The van der Waals surface area contributed by atoms with E-state index in [0.717, 1.165) is 11.3 Å². The van der Waals surface area contributed by atoms with Gasteiger partial charge in [0, 0.05) is 22.7 Å². The molecule has 0 fully saturated rings. The third-order valence-corrected chi connectivity index (χ3v) is 6.66. The van der Waals surface area contributed by atoms with E-state index in [0.29, 0.717) is 39.6 Å². The second-order valence-electron chi connectivity index (χ2n) is 8.81. The van der Waals surface area contributed by atoms with Crippen LogP contribution in [0.1, 0.15) is 40.2 Å². The molecule has 1 aliphatic rings. The van der Waals surface area contributed by atoms with E-state index in [2.05, 4.69) is 15.3 Å². The number of hydrogen-bond donors (Lipinski definition) is 3. The van der Waals surface area contributed by atoms with Crippen LogP contribution in [-0.4, -0.2) is 38.9 Å². The van der Waals surface area contributed by atoms with Gasteiger partial charge in [-0.3, -0.25) is 9.59 Å². The zero-order valence-electron chi connectivity index (χ0n) is 19.4. The first kappa shape index (κ1) is 23.6. The number of benzene rings is 3. The van der Waals surface area contributed by atoms with Gasteiger partial charge in [-0.25, -0.2) is 9.78 Å². The number of aromatic nitrogens is 2. The largest absolute Gasteiger partial charge is 0.480 e. The number of carboxylic acid groups (broad SMARTS) is 1. The average molecular weight is 503 g/mol. The molecule has 1 unspecified atom stereocenters. The van der Waals surface area contributed by atoms with E-state index in [1.807, 2.05) is 24.3 Å². The maximum absolute atomic E-state index is 12.9. The molecule has 9 heteroatoms. The Morgan fingerprint density at radius 3 is 2.61 bits per heavy atom. The normalized spacial score (nSPS) is 14.5. The molecule has 4 aromatic rings. The van der Waals surface area contributed by atoms with Gasteiger partial charge >= 0.3 is 5.97 Å². The lowest BCUT2D eigenvalue weighted by molar-refractivity contribution is -0.142. The Kier molecular flexibility index (Phi) is 6.20. The predicted molar refractivity (Wildman–Crippen MR) is 136 cm³/mol. The summed E-state index contributed by atoms with van der Waals surface area (Å²) in [4.78, 5) is 46.7. The number of fused-ring (bicyclic) bond motifs is 2. The van der Waals surface area contributed by atoms with Crippen molar-refractivity contribution in [3.63, 3.8) is 0 Å². The molecule has 0 saturated heterocycles. The minimum absolute atomic E-state index is 0.00331. The summed E-state index contributed by atoms with van der Waals surface area (Å²) < 4.78 is 0. The molecule has 1 aromatic heterocycles. The number of aliphatic carboxylic acids is 1. The first-order valence-electron chi connectivity index (χ1n) is 11.5. The van der Waals surface area contributed by atoms with Gasteiger partial charge < -0.3 is 20.3 Å². The first-order valence-corrected chi connectivity index (χ1v) is 11.8. The molecule has 0 aliphatic carbocycles. The van der Waals surface area contributed by atoms with Crippen molar-refractivity contribution >= 4 is 46.1 Å². The summed E-state index contributed by atoms with van der Waals surface area (Å²) in [6, 6.07) is 18.7. The van der Waals surface area contributed by atoms with Crippen LogP contribution in [-0.2, 0) is 22.6 Å². The molecular weight excluding hydrogens is 480 g/mol. The summed E-state index contributed by atoms with van der Waals surface area (Å²) in [6.45, 7) is 2.21. The van der Waals surface area contributed by atoms with Crippen LogP contribution in [0.25, 0.3) is 11.0 Å². The number of nitrogens with zero attached hydrogens (tertiary/aromatic N) is 2. The van der Waals surface area contributed by atoms with Gasteiger partial charge in [-0.1, -0.05) is 41.9 Å². The van der Waals surface area contributed by atoms with Crippen molar-refractivity contribution in [2.75, 3.05) is 4.90 Å². The molecule has 0 radical (unpaired) electrons. The summed E-state index contributed by atoms with van der Waals surface area (Å²) in [5.41, 5.74) is 4.48. The van der Waals surface area contributed by atoms with Gasteiger partial charge in [-0.2, -0.15) is 0 Å². The number of rotatable bonds is 7. The van der Waals surface area contributed by atoms with Crippen LogP contribution in [0.5, 0.6) is 0 Å². The standard InChI is InChI=1S/C27H23ClN4O4/c1-15(16-6-9-19(10-7-16)32-14-17-4-2-3-5-20(17)26(32)34)25(33)31-23(27(35)36)13-24-29-21-11-8-18(28)12-22(21)30-24/h2-12,15,23H,13-14H2,1H3,(H,29,30)(H,31,33)(H,35,36)/t15?,23-/m1/s1. The number of anilines is 1. The van der Waals surface area contributed by atoms with Crippen molar-refractivity contribution in [1.29, 1.82) is 0 Å². The lowest BCUT2D eigenvalue weighted by Crippen LogP contribution is -2.44. The monoisotopic (exact) mass is 502 g/mol. The third kappa shape index (κ3) is 4.55. The molecule has 182 valence electrons. The highest BCUT2D eigenvalue weighted by Crippen LogP contribution is 2.29. The molecule has 8 nitrogen and oxygen atoms in total. The van der Waals surface area contributed by atoms with Gasteiger partial charge in [0.25, 0.3) is 5.91 Å². The van der Waals surface area contributed by atoms with Gasteiger partial charge in [0.2, 0.25) is 5.91 Å². The smallest absolute Gasteiger partial charge is 0.326 e. The highest BCUT2D eigenvalue weighted by Gasteiger charge is 2.29. The van der Waals surface area contributed by atoms with Crippen molar-refractivity contribution < 1.29 is 19.5 Å². The van der Waals surface area contributed by atoms with Crippen molar-refractivity contribution in [3.8, 4) is 0 Å². The van der Waals surface area contributed by atoms with Gasteiger partial charge in [-0.05, 0) is 54.4 Å². The number of aromatic amines is 1. The van der Waals surface area contributed by atoms with Crippen LogP contribution < -0.4 is 10.2 Å². The first-order chi connectivity index (χ1) is 17.3. The van der Waals surface area contributed by atoms with Gasteiger partial charge in [-0.15, -0.1) is 0 Å². The number of H-pyrrole nitrogens is 1. The Labute approximate surface area is 211 Å². The highest BCUT2D eigenvalue weighted by molar-refractivity contribution is 6.31. The average Bonchev–Trinajstić information content (AvgIpc) is 3.43. The van der Waals surface area contributed by atoms with Crippen LogP contribution in [0, 0.1) is 0 Å². The summed E-state index contributed by atoms with van der Waals surface area (Å²) in [5.74, 6) is -1.79.